The molecule has 0 aromatic carbocycles. The molecule has 0 spiro atoms. The average molecular weight is 237 g/mol. The molecule has 3 N–H and O–H groups in total. The van der Waals surface area contributed by atoms with Crippen LogP contribution in [0.4, 0.5) is 0 Å². The summed E-state index contributed by atoms with van der Waals surface area (Å²) >= 11 is 5.41. The van der Waals surface area contributed by atoms with Crippen molar-refractivity contribution in [2.45, 2.75) is 4.90 Å². The van der Waals surface area contributed by atoms with Crippen molar-refractivity contribution < 1.29 is 8.42 Å². The summed E-state index contributed by atoms with van der Waals surface area (Å²) in [5, 5.41) is 0.00257. The van der Waals surface area contributed by atoms with E-state index in [1.807, 2.05) is 0 Å². The largest absolute Gasteiger partial charge is 0.329 e. The second kappa shape index (κ2) is 4.65. The first kappa shape index (κ1) is 11.3. The minimum Gasteiger partial charge on any atom is -0.329 e. The highest BCUT2D eigenvalue weighted by Crippen LogP contribution is 2.06. The third-order valence-corrected chi connectivity index (χ3v) is 2.95. The summed E-state index contributed by atoms with van der Waals surface area (Å²) in [6.07, 6.45) is 2.27. The maximum atomic E-state index is 11.4. The molecule has 0 radical (unpaired) electrons. The summed E-state index contributed by atoms with van der Waals surface area (Å²) in [6, 6.07) is 0. The van der Waals surface area contributed by atoms with Crippen molar-refractivity contribution in [3.05, 3.63) is 17.7 Å². The standard InChI is InChI=1S/C6H9ClN4O2S/c7-6-9-3-5(4-10-6)14(12,13)11-2-1-8/h3-4,11H,1-2,8H2. The summed E-state index contributed by atoms with van der Waals surface area (Å²) in [5.41, 5.74) is 5.16. The second-order valence-electron chi connectivity index (χ2n) is 2.37. The molecule has 1 aromatic heterocycles. The molecule has 1 aromatic rings. The van der Waals surface area contributed by atoms with Gasteiger partial charge in [0.25, 0.3) is 0 Å². The molecular weight excluding hydrogens is 228 g/mol. The van der Waals surface area contributed by atoms with Crippen LogP contribution in [0.25, 0.3) is 0 Å². The summed E-state index contributed by atoms with van der Waals surface area (Å²) < 4.78 is 25.1. The Hall–Kier alpha value is -0.760. The van der Waals surface area contributed by atoms with Gasteiger partial charge in [0, 0.05) is 13.1 Å². The lowest BCUT2D eigenvalue weighted by Crippen LogP contribution is -2.29. The second-order valence-corrected chi connectivity index (χ2v) is 4.48. The Kier molecular flexibility index (Phi) is 3.76. The number of hydrogen-bond acceptors (Lipinski definition) is 5. The third-order valence-electron chi connectivity index (χ3n) is 1.34. The first-order valence-electron chi connectivity index (χ1n) is 3.73. The minimum absolute atomic E-state index is 0.00257. The van der Waals surface area contributed by atoms with Crippen LogP contribution in [0.3, 0.4) is 0 Å². The van der Waals surface area contributed by atoms with E-state index in [1.165, 1.54) is 0 Å². The first-order valence-corrected chi connectivity index (χ1v) is 5.59. The van der Waals surface area contributed by atoms with Crippen LogP contribution in [-0.4, -0.2) is 31.5 Å². The van der Waals surface area contributed by atoms with Crippen molar-refractivity contribution in [2.75, 3.05) is 13.1 Å². The maximum Gasteiger partial charge on any atom is 0.243 e. The molecule has 8 heteroatoms. The number of hydrogen-bond donors (Lipinski definition) is 2. The zero-order chi connectivity index (χ0) is 10.6. The fourth-order valence-electron chi connectivity index (χ4n) is 0.716. The van der Waals surface area contributed by atoms with Gasteiger partial charge < -0.3 is 5.73 Å². The highest BCUT2D eigenvalue weighted by Gasteiger charge is 2.13. The monoisotopic (exact) mass is 236 g/mol. The van der Waals surface area contributed by atoms with Crippen molar-refractivity contribution in [3.8, 4) is 0 Å². The maximum absolute atomic E-state index is 11.4. The molecule has 0 saturated carbocycles. The molecule has 14 heavy (non-hydrogen) atoms. The number of nitrogens with two attached hydrogens (primary N) is 1. The van der Waals surface area contributed by atoms with E-state index in [0.29, 0.717) is 0 Å². The predicted molar refractivity (Wildman–Crippen MR) is 51.3 cm³/mol. The third kappa shape index (κ3) is 2.88. The summed E-state index contributed by atoms with van der Waals surface area (Å²) in [6.45, 7) is 0.401. The van der Waals surface area contributed by atoms with Gasteiger partial charge >= 0.3 is 0 Å². The van der Waals surface area contributed by atoms with Crippen molar-refractivity contribution in [1.29, 1.82) is 0 Å². The topological polar surface area (TPSA) is 98.0 Å². The van der Waals surface area contributed by atoms with E-state index in [4.69, 9.17) is 17.3 Å². The molecule has 0 aliphatic heterocycles. The minimum atomic E-state index is -3.55. The Labute approximate surface area is 86.6 Å². The van der Waals surface area contributed by atoms with Crippen molar-refractivity contribution in [1.82, 2.24) is 14.7 Å². The Morgan fingerprint density at radius 3 is 2.50 bits per heavy atom. The fourth-order valence-corrected chi connectivity index (χ4v) is 1.75. The smallest absolute Gasteiger partial charge is 0.243 e. The van der Waals surface area contributed by atoms with Gasteiger partial charge in [-0.25, -0.2) is 23.1 Å². The molecule has 0 saturated heterocycles. The van der Waals surface area contributed by atoms with Crippen LogP contribution in [0.1, 0.15) is 0 Å². The Morgan fingerprint density at radius 2 is 2.00 bits per heavy atom. The van der Waals surface area contributed by atoms with Crippen LogP contribution >= 0.6 is 11.6 Å². The normalized spacial score (nSPS) is 11.6. The summed E-state index contributed by atoms with van der Waals surface area (Å²) in [7, 11) is -3.55. The molecule has 0 atom stereocenters. The van der Waals surface area contributed by atoms with E-state index in [9.17, 15) is 8.42 Å². The molecule has 0 amide bonds. The molecule has 0 aliphatic carbocycles. The zero-order valence-corrected chi connectivity index (χ0v) is 8.72. The lowest BCUT2D eigenvalue weighted by molar-refractivity contribution is 0.581. The van der Waals surface area contributed by atoms with Crippen LogP contribution in [-0.2, 0) is 10.0 Å². The van der Waals surface area contributed by atoms with Gasteiger partial charge in [-0.05, 0) is 11.6 Å². The van der Waals surface area contributed by atoms with Crippen LogP contribution in [0, 0.1) is 0 Å². The van der Waals surface area contributed by atoms with Crippen LogP contribution in [0.2, 0.25) is 5.28 Å². The molecule has 6 nitrogen and oxygen atoms in total. The van der Waals surface area contributed by atoms with Crippen molar-refractivity contribution in [3.63, 3.8) is 0 Å². The van der Waals surface area contributed by atoms with Gasteiger partial charge in [0.2, 0.25) is 15.3 Å². The number of aromatic nitrogens is 2. The van der Waals surface area contributed by atoms with Crippen molar-refractivity contribution in [2.24, 2.45) is 5.73 Å². The molecule has 1 rings (SSSR count). The number of sulfonamides is 1. The predicted octanol–water partition coefficient (Wildman–Crippen LogP) is -0.633. The Bertz CT molecular complexity index is 391. The molecule has 0 fully saturated rings. The van der Waals surface area contributed by atoms with E-state index in [0.717, 1.165) is 12.4 Å². The summed E-state index contributed by atoms with van der Waals surface area (Å²) in [5.74, 6) is 0. The van der Waals surface area contributed by atoms with E-state index < -0.39 is 10.0 Å². The van der Waals surface area contributed by atoms with Crippen LogP contribution in [0.5, 0.6) is 0 Å². The summed E-state index contributed by atoms with van der Waals surface area (Å²) in [4.78, 5) is 7.08. The van der Waals surface area contributed by atoms with Gasteiger partial charge in [0.05, 0.1) is 12.4 Å². The molecule has 0 bridgehead atoms. The van der Waals surface area contributed by atoms with Gasteiger partial charge in [0.1, 0.15) is 4.90 Å². The molecule has 1 heterocycles. The number of halogens is 1. The van der Waals surface area contributed by atoms with Gasteiger partial charge in [0.15, 0.2) is 0 Å². The van der Waals surface area contributed by atoms with E-state index >= 15 is 0 Å². The fraction of sp³-hybridized carbons (Fsp3) is 0.333. The van der Waals surface area contributed by atoms with E-state index in [2.05, 4.69) is 14.7 Å². The molecule has 0 unspecified atom stereocenters. The van der Waals surface area contributed by atoms with Crippen LogP contribution in [0.15, 0.2) is 17.3 Å². The quantitative estimate of drug-likeness (QED) is 0.678. The number of rotatable bonds is 4. The molecule has 0 aliphatic rings. The average Bonchev–Trinajstić information content (AvgIpc) is 2.16. The highest BCUT2D eigenvalue weighted by atomic mass is 35.5. The Balaban J connectivity index is 2.87. The number of nitrogens with zero attached hydrogens (tertiary/aromatic N) is 2. The lowest BCUT2D eigenvalue weighted by Gasteiger charge is -2.03. The zero-order valence-electron chi connectivity index (χ0n) is 7.14. The van der Waals surface area contributed by atoms with Gasteiger partial charge in [-0.2, -0.15) is 0 Å². The van der Waals surface area contributed by atoms with Gasteiger partial charge in [-0.1, -0.05) is 0 Å². The lowest BCUT2D eigenvalue weighted by atomic mass is 10.7. The van der Waals surface area contributed by atoms with E-state index in [1.54, 1.807) is 0 Å². The van der Waals surface area contributed by atoms with Crippen molar-refractivity contribution >= 4 is 21.6 Å². The molecule has 78 valence electrons. The highest BCUT2D eigenvalue weighted by molar-refractivity contribution is 7.89. The van der Waals surface area contributed by atoms with Gasteiger partial charge in [-0.3, -0.25) is 0 Å². The van der Waals surface area contributed by atoms with Crippen LogP contribution < -0.4 is 10.5 Å². The SMILES string of the molecule is NCCNS(=O)(=O)c1cnc(Cl)nc1. The first-order chi connectivity index (χ1) is 6.56. The Morgan fingerprint density at radius 1 is 1.43 bits per heavy atom. The van der Waals surface area contributed by atoms with E-state index in [-0.39, 0.29) is 23.3 Å². The number of nitrogens with one attached hydrogen (secondary N) is 1. The van der Waals surface area contributed by atoms with Gasteiger partial charge in [-0.15, -0.1) is 0 Å². The molecular formula is C6H9ClN4O2S.